The maximum Gasteiger partial charge on any atom is 0.330 e. The van der Waals surface area contributed by atoms with E-state index in [1.54, 1.807) is 6.26 Å². The van der Waals surface area contributed by atoms with Crippen molar-refractivity contribution in [2.45, 2.75) is 24.5 Å². The van der Waals surface area contributed by atoms with Crippen LogP contribution in [0, 0.1) is 0 Å². The lowest BCUT2D eigenvalue weighted by atomic mass is 10.1. The molecule has 0 spiro atoms. The monoisotopic (exact) mass is 545 g/mol. The molecule has 206 valence electrons. The highest BCUT2D eigenvalue weighted by Gasteiger charge is 2.29. The summed E-state index contributed by atoms with van der Waals surface area (Å²) in [5, 5.41) is 18.9. The van der Waals surface area contributed by atoms with E-state index in [-0.39, 0.29) is 6.42 Å². The Morgan fingerprint density at radius 1 is 0.838 bits per heavy atom. The van der Waals surface area contributed by atoms with Gasteiger partial charge in [-0.2, -0.15) is 11.8 Å². The van der Waals surface area contributed by atoms with Crippen LogP contribution in [0.1, 0.15) is 6.42 Å². The van der Waals surface area contributed by atoms with Crippen molar-refractivity contribution in [3.05, 3.63) is 24.3 Å². The molecule has 0 rings (SSSR count). The van der Waals surface area contributed by atoms with Gasteiger partial charge in [-0.05, 0) is 18.4 Å². The number of nitrogens with two attached hydrogens (primary N) is 1. The Balaban J connectivity index is 5.49. The van der Waals surface area contributed by atoms with Crippen molar-refractivity contribution in [1.82, 2.24) is 21.3 Å². The number of carbonyl (C=O) groups is 7. The van der Waals surface area contributed by atoms with Gasteiger partial charge in [0.2, 0.25) is 23.6 Å². The number of nitrogens with one attached hydrogen (secondary N) is 4. The Kier molecular flexibility index (Phi) is 16.4. The zero-order chi connectivity index (χ0) is 28.4. The Morgan fingerprint density at radius 3 is 1.73 bits per heavy atom. The molecule has 15 nitrogen and oxygen atoms in total. The largest absolute Gasteiger partial charge is 0.480 e. The van der Waals surface area contributed by atoms with Crippen LogP contribution < -0.4 is 27.0 Å². The third-order valence-electron chi connectivity index (χ3n) is 4.39. The fraction of sp³-hybridized carbons (Fsp3) is 0.476. The summed E-state index contributed by atoms with van der Waals surface area (Å²) in [6.07, 6.45) is 5.37. The summed E-state index contributed by atoms with van der Waals surface area (Å²) in [6, 6.07) is -3.93. The first-order valence-electron chi connectivity index (χ1n) is 10.6. The molecule has 0 heterocycles. The Labute approximate surface area is 216 Å². The van der Waals surface area contributed by atoms with Crippen molar-refractivity contribution in [2.24, 2.45) is 5.73 Å². The molecule has 37 heavy (non-hydrogen) atoms. The second-order valence-corrected chi connectivity index (χ2v) is 8.04. The summed E-state index contributed by atoms with van der Waals surface area (Å²) in [7, 11) is 2.22. The molecule has 4 amide bonds. The Bertz CT molecular complexity index is 908. The van der Waals surface area contributed by atoms with E-state index < -0.39 is 72.8 Å². The minimum Gasteiger partial charge on any atom is -0.480 e. The van der Waals surface area contributed by atoms with E-state index in [1.807, 2.05) is 0 Å². The van der Waals surface area contributed by atoms with Crippen LogP contribution in [-0.4, -0.2) is 104 Å². The van der Waals surface area contributed by atoms with Gasteiger partial charge in [-0.15, -0.1) is 0 Å². The van der Waals surface area contributed by atoms with E-state index in [1.165, 1.54) is 11.8 Å². The molecule has 0 fully saturated rings. The molecule has 0 aromatic rings. The minimum absolute atomic E-state index is 0.238. The van der Waals surface area contributed by atoms with E-state index in [4.69, 9.17) is 5.73 Å². The normalized spacial score (nSPS) is 13.3. The fourth-order valence-electron chi connectivity index (χ4n) is 2.43. The van der Waals surface area contributed by atoms with Crippen LogP contribution in [0.25, 0.3) is 0 Å². The first kappa shape index (κ1) is 33.1. The topological polar surface area (TPSA) is 232 Å². The molecule has 16 heteroatoms. The lowest BCUT2D eigenvalue weighted by Crippen LogP contribution is -2.60. The number of carboxylic acid groups (broad SMARTS) is 1. The summed E-state index contributed by atoms with van der Waals surface area (Å²) < 4.78 is 8.71. The average molecular weight is 546 g/mol. The number of aliphatic carboxylic acids is 1. The predicted octanol–water partition coefficient (Wildman–Crippen LogP) is -3.19. The second kappa shape index (κ2) is 18.4. The van der Waals surface area contributed by atoms with Gasteiger partial charge in [-0.25, -0.2) is 14.4 Å². The van der Waals surface area contributed by atoms with E-state index in [2.05, 4.69) is 30.7 Å². The molecule has 0 unspecified atom stereocenters. The summed E-state index contributed by atoms with van der Waals surface area (Å²) in [5.41, 5.74) is 5.40. The van der Waals surface area contributed by atoms with Crippen molar-refractivity contribution < 1.29 is 48.1 Å². The number of carbonyl (C=O) groups excluding carboxylic acids is 6. The van der Waals surface area contributed by atoms with E-state index in [9.17, 15) is 38.7 Å². The van der Waals surface area contributed by atoms with Crippen molar-refractivity contribution in [3.8, 4) is 0 Å². The number of hydrogen-bond donors (Lipinski definition) is 6. The number of primary amides is 1. The molecule has 0 radical (unpaired) electrons. The molecule has 0 aromatic heterocycles. The third kappa shape index (κ3) is 14.9. The number of esters is 2. The van der Waals surface area contributed by atoms with E-state index >= 15 is 0 Å². The van der Waals surface area contributed by atoms with Gasteiger partial charge in [-0.3, -0.25) is 24.5 Å². The van der Waals surface area contributed by atoms with Crippen molar-refractivity contribution in [3.63, 3.8) is 0 Å². The van der Waals surface area contributed by atoms with Gasteiger partial charge in [0, 0.05) is 37.4 Å². The molecule has 0 saturated carbocycles. The number of rotatable bonds is 17. The van der Waals surface area contributed by atoms with Crippen LogP contribution in [0.5, 0.6) is 0 Å². The lowest BCUT2D eigenvalue weighted by Gasteiger charge is -2.25. The molecule has 0 aliphatic heterocycles. The van der Waals surface area contributed by atoms with Gasteiger partial charge >= 0.3 is 17.9 Å². The van der Waals surface area contributed by atoms with Gasteiger partial charge in [0.05, 0.1) is 20.3 Å². The Hall–Kier alpha value is -3.92. The molecule has 7 N–H and O–H groups in total. The van der Waals surface area contributed by atoms with Gasteiger partial charge in [0.15, 0.2) is 0 Å². The zero-order valence-corrected chi connectivity index (χ0v) is 21.3. The highest BCUT2D eigenvalue weighted by atomic mass is 32.2. The van der Waals surface area contributed by atoms with Crippen molar-refractivity contribution >= 4 is 53.3 Å². The maximum atomic E-state index is 12.9. The second-order valence-electron chi connectivity index (χ2n) is 7.06. The Morgan fingerprint density at radius 2 is 1.32 bits per heavy atom. The molecular formula is C21H31N5O10S. The van der Waals surface area contributed by atoms with Crippen LogP contribution in [0.3, 0.4) is 0 Å². The number of hydrogen-bond acceptors (Lipinski definition) is 11. The predicted molar refractivity (Wildman–Crippen MR) is 131 cm³/mol. The highest BCUT2D eigenvalue weighted by molar-refractivity contribution is 7.98. The molecule has 0 bridgehead atoms. The molecule has 0 aliphatic carbocycles. The minimum atomic E-state index is -1.61. The van der Waals surface area contributed by atoms with Gasteiger partial charge in [0.1, 0.15) is 12.1 Å². The number of thioether (sulfide) groups is 1. The number of ether oxygens (including phenoxy) is 2. The fourth-order valence-corrected chi connectivity index (χ4v) is 2.90. The van der Waals surface area contributed by atoms with Gasteiger partial charge < -0.3 is 36.3 Å². The summed E-state index contributed by atoms with van der Waals surface area (Å²) in [6.45, 7) is -0.974. The smallest absolute Gasteiger partial charge is 0.330 e. The van der Waals surface area contributed by atoms with Crippen LogP contribution in [0.15, 0.2) is 24.3 Å². The third-order valence-corrected chi connectivity index (χ3v) is 5.04. The van der Waals surface area contributed by atoms with Crippen LogP contribution in [0.2, 0.25) is 0 Å². The average Bonchev–Trinajstić information content (AvgIpc) is 2.86. The summed E-state index contributed by atoms with van der Waals surface area (Å²) in [4.78, 5) is 82.3. The van der Waals surface area contributed by atoms with Crippen LogP contribution in [-0.2, 0) is 43.0 Å². The van der Waals surface area contributed by atoms with E-state index in [0.29, 0.717) is 5.75 Å². The van der Waals surface area contributed by atoms with Crippen molar-refractivity contribution in [2.75, 3.05) is 39.3 Å². The van der Waals surface area contributed by atoms with Gasteiger partial charge in [-0.1, -0.05) is 0 Å². The van der Waals surface area contributed by atoms with Gasteiger partial charge in [0.25, 0.3) is 0 Å². The number of carboxylic acids is 1. The first-order valence-corrected chi connectivity index (χ1v) is 12.0. The number of methoxy groups -OCH3 is 2. The quantitative estimate of drug-likeness (QED) is 0.0784. The first-order chi connectivity index (χ1) is 17.4. The molecule has 0 aliphatic rings. The SMILES string of the molecule is COC(=O)/C=C/C(=O)NC[C@H](NC(=O)[C@H](CNC(=O)/C=C/C(=O)OC)N[C@@H](CCSC)C(N)=O)C(=O)O. The van der Waals surface area contributed by atoms with E-state index in [0.717, 1.165) is 38.5 Å². The standard InChI is InChI=1S/C21H31N5O10S/c1-35-17(29)6-4-15(27)23-10-13(25-12(19(22)31)8-9-37-3)20(32)26-14(21(33)34)11-24-16(28)5-7-18(30)36-2/h4-7,12-14,25H,8-11H2,1-3H3,(H2,22,31)(H,23,27)(H,24,28)(H,26,32)(H,33,34)/b6-4+,7-5+/t12-,13-,14-/m0/s1. The summed E-state index contributed by atoms with van der Waals surface area (Å²) in [5.74, 6) is -5.89. The summed E-state index contributed by atoms with van der Waals surface area (Å²) >= 11 is 1.42. The molecule has 0 aromatic carbocycles. The molecular weight excluding hydrogens is 514 g/mol. The zero-order valence-electron chi connectivity index (χ0n) is 20.5. The van der Waals surface area contributed by atoms with Crippen LogP contribution in [0.4, 0.5) is 0 Å². The van der Waals surface area contributed by atoms with Crippen LogP contribution >= 0.6 is 11.8 Å². The molecule has 0 saturated heterocycles. The van der Waals surface area contributed by atoms with Crippen molar-refractivity contribution in [1.29, 1.82) is 0 Å². The maximum absolute atomic E-state index is 12.9. The number of amides is 4. The highest BCUT2D eigenvalue weighted by Crippen LogP contribution is 2.02. The molecule has 3 atom stereocenters. The lowest BCUT2D eigenvalue weighted by molar-refractivity contribution is -0.142.